The molecule has 0 aliphatic carbocycles. The second-order valence-corrected chi connectivity index (χ2v) is 6.36. The number of benzene rings is 1. The minimum Gasteiger partial charge on any atom is -0.335 e. The molecule has 6 nitrogen and oxygen atoms in total. The Kier molecular flexibility index (Phi) is 5.16. The van der Waals surface area contributed by atoms with Crippen molar-refractivity contribution < 1.29 is 4.79 Å². The molecule has 0 saturated carbocycles. The third-order valence-corrected chi connectivity index (χ3v) is 4.51. The van der Waals surface area contributed by atoms with Crippen LogP contribution in [-0.2, 0) is 24.8 Å². The van der Waals surface area contributed by atoms with Gasteiger partial charge in [-0.3, -0.25) is 4.79 Å². The molecule has 6 heteroatoms. The lowest BCUT2D eigenvalue weighted by Crippen LogP contribution is -2.10. The first-order chi connectivity index (χ1) is 12.1. The van der Waals surface area contributed by atoms with Crippen LogP contribution in [0.25, 0.3) is 11.0 Å². The minimum atomic E-state index is 0.0629. The van der Waals surface area contributed by atoms with Gasteiger partial charge in [0.1, 0.15) is 11.6 Å². The van der Waals surface area contributed by atoms with Gasteiger partial charge in [-0.2, -0.15) is 0 Å². The number of carbonyl (C=O) groups excluding carboxylic acids is 1. The zero-order chi connectivity index (χ0) is 17.8. The van der Waals surface area contributed by atoms with E-state index >= 15 is 0 Å². The third kappa shape index (κ3) is 3.90. The number of anilines is 1. The van der Waals surface area contributed by atoms with Crippen LogP contribution in [0.2, 0.25) is 0 Å². The number of unbranched alkanes of at least 4 members (excludes halogenated alkanes) is 1. The average molecular weight is 339 g/mol. The zero-order valence-corrected chi connectivity index (χ0v) is 15.1. The molecular weight excluding hydrogens is 314 g/mol. The summed E-state index contributed by atoms with van der Waals surface area (Å²) in [6, 6.07) is 5.91. The van der Waals surface area contributed by atoms with E-state index in [2.05, 4.69) is 26.4 Å². The Bertz CT molecular complexity index is 877. The SMILES string of the molecule is CCCCC(=O)Nc1ccc2c(c1)nc(CCn1ccnc1C)n2C. The molecule has 0 spiro atoms. The molecule has 0 aliphatic rings. The Balaban J connectivity index is 1.74. The van der Waals surface area contributed by atoms with Gasteiger partial charge in [-0.25, -0.2) is 9.97 Å². The average Bonchev–Trinajstić information content (AvgIpc) is 3.14. The van der Waals surface area contributed by atoms with Crippen molar-refractivity contribution in [2.75, 3.05) is 5.32 Å². The van der Waals surface area contributed by atoms with E-state index in [-0.39, 0.29) is 5.91 Å². The number of carbonyl (C=O) groups is 1. The number of amides is 1. The van der Waals surface area contributed by atoms with E-state index in [0.29, 0.717) is 6.42 Å². The zero-order valence-electron chi connectivity index (χ0n) is 15.1. The Hall–Kier alpha value is -2.63. The largest absolute Gasteiger partial charge is 0.335 e. The summed E-state index contributed by atoms with van der Waals surface area (Å²) in [6.45, 7) is 4.94. The predicted molar refractivity (Wildman–Crippen MR) is 99.5 cm³/mol. The number of hydrogen-bond donors (Lipinski definition) is 1. The normalized spacial score (nSPS) is 11.2. The van der Waals surface area contributed by atoms with E-state index < -0.39 is 0 Å². The molecule has 1 aromatic carbocycles. The maximum atomic E-state index is 11.9. The molecule has 1 N–H and O–H groups in total. The maximum absolute atomic E-state index is 11.9. The van der Waals surface area contributed by atoms with E-state index in [0.717, 1.165) is 54.2 Å². The summed E-state index contributed by atoms with van der Waals surface area (Å²) < 4.78 is 4.24. The van der Waals surface area contributed by atoms with Crippen LogP contribution in [0, 0.1) is 6.92 Å². The van der Waals surface area contributed by atoms with Crippen molar-refractivity contribution in [3.63, 3.8) is 0 Å². The first kappa shape index (κ1) is 17.2. The summed E-state index contributed by atoms with van der Waals surface area (Å²) in [5, 5.41) is 2.96. The van der Waals surface area contributed by atoms with Crippen LogP contribution >= 0.6 is 0 Å². The standard InChI is InChI=1S/C19H25N5O/c1-4-5-6-19(25)21-15-7-8-17-16(13-15)22-18(23(17)3)9-11-24-12-10-20-14(24)2/h7-8,10,12-13H,4-6,9,11H2,1-3H3,(H,21,25). The fraction of sp³-hybridized carbons (Fsp3) is 0.421. The van der Waals surface area contributed by atoms with Gasteiger partial charge in [0.25, 0.3) is 0 Å². The molecule has 0 aliphatic heterocycles. The van der Waals surface area contributed by atoms with Crippen molar-refractivity contribution in [1.82, 2.24) is 19.1 Å². The molecule has 0 unspecified atom stereocenters. The first-order valence-electron chi connectivity index (χ1n) is 8.81. The van der Waals surface area contributed by atoms with Gasteiger partial charge in [-0.1, -0.05) is 13.3 Å². The van der Waals surface area contributed by atoms with Gasteiger partial charge >= 0.3 is 0 Å². The fourth-order valence-electron chi connectivity index (χ4n) is 2.97. The molecule has 1 amide bonds. The van der Waals surface area contributed by atoms with Crippen molar-refractivity contribution in [3.8, 4) is 0 Å². The van der Waals surface area contributed by atoms with E-state index in [1.54, 1.807) is 0 Å². The second kappa shape index (κ2) is 7.51. The molecule has 132 valence electrons. The number of fused-ring (bicyclic) bond motifs is 1. The summed E-state index contributed by atoms with van der Waals surface area (Å²) in [5.41, 5.74) is 2.79. The van der Waals surface area contributed by atoms with Crippen LogP contribution in [0.15, 0.2) is 30.6 Å². The molecule has 25 heavy (non-hydrogen) atoms. The highest BCUT2D eigenvalue weighted by atomic mass is 16.1. The lowest BCUT2D eigenvalue weighted by Gasteiger charge is -2.06. The van der Waals surface area contributed by atoms with Gasteiger partial charge in [-0.15, -0.1) is 0 Å². The molecular formula is C19H25N5O. The number of nitrogens with zero attached hydrogens (tertiary/aromatic N) is 4. The van der Waals surface area contributed by atoms with Gasteiger partial charge in [0.2, 0.25) is 5.91 Å². The quantitative estimate of drug-likeness (QED) is 0.717. The van der Waals surface area contributed by atoms with Crippen molar-refractivity contribution in [1.29, 1.82) is 0 Å². The smallest absolute Gasteiger partial charge is 0.224 e. The number of imidazole rings is 2. The van der Waals surface area contributed by atoms with Crippen LogP contribution in [-0.4, -0.2) is 25.0 Å². The molecule has 0 fully saturated rings. The monoisotopic (exact) mass is 339 g/mol. The highest BCUT2D eigenvalue weighted by Crippen LogP contribution is 2.20. The number of hydrogen-bond acceptors (Lipinski definition) is 3. The van der Waals surface area contributed by atoms with Crippen molar-refractivity contribution >= 4 is 22.6 Å². The lowest BCUT2D eigenvalue weighted by atomic mass is 10.2. The number of aryl methyl sites for hydroxylation is 4. The lowest BCUT2D eigenvalue weighted by molar-refractivity contribution is -0.116. The van der Waals surface area contributed by atoms with Crippen LogP contribution in [0.5, 0.6) is 0 Å². The molecule has 2 aromatic heterocycles. The number of aromatic nitrogens is 4. The number of nitrogens with one attached hydrogen (secondary N) is 1. The molecule has 0 saturated heterocycles. The van der Waals surface area contributed by atoms with Gasteiger partial charge in [0.15, 0.2) is 0 Å². The Labute approximate surface area is 147 Å². The van der Waals surface area contributed by atoms with E-state index in [4.69, 9.17) is 4.98 Å². The van der Waals surface area contributed by atoms with Crippen molar-refractivity contribution in [2.24, 2.45) is 7.05 Å². The predicted octanol–water partition coefficient (Wildman–Crippen LogP) is 3.45. The minimum absolute atomic E-state index is 0.0629. The number of rotatable bonds is 7. The van der Waals surface area contributed by atoms with Gasteiger partial charge in [-0.05, 0) is 31.5 Å². The Morgan fingerprint density at radius 1 is 1.32 bits per heavy atom. The van der Waals surface area contributed by atoms with Crippen molar-refractivity contribution in [2.45, 2.75) is 46.1 Å². The van der Waals surface area contributed by atoms with E-state index in [9.17, 15) is 4.79 Å². The fourth-order valence-corrected chi connectivity index (χ4v) is 2.97. The van der Waals surface area contributed by atoms with Gasteiger partial charge in [0.05, 0.1) is 11.0 Å². The summed E-state index contributed by atoms with van der Waals surface area (Å²) >= 11 is 0. The summed E-state index contributed by atoms with van der Waals surface area (Å²) in [6.07, 6.45) is 7.13. The summed E-state index contributed by atoms with van der Waals surface area (Å²) in [5.74, 6) is 2.10. The van der Waals surface area contributed by atoms with Crippen molar-refractivity contribution in [3.05, 3.63) is 42.2 Å². The molecule has 2 heterocycles. The van der Waals surface area contributed by atoms with Crippen LogP contribution in [0.4, 0.5) is 5.69 Å². The topological polar surface area (TPSA) is 64.7 Å². The first-order valence-corrected chi connectivity index (χ1v) is 8.81. The van der Waals surface area contributed by atoms with E-state index in [1.165, 1.54) is 0 Å². The molecule has 0 atom stereocenters. The molecule has 0 radical (unpaired) electrons. The molecule has 3 aromatic rings. The van der Waals surface area contributed by atoms with Gasteiger partial charge in [0, 0.05) is 44.5 Å². The molecule has 0 bridgehead atoms. The van der Waals surface area contributed by atoms with E-state index in [1.807, 2.05) is 44.6 Å². The maximum Gasteiger partial charge on any atom is 0.224 e. The Morgan fingerprint density at radius 3 is 2.88 bits per heavy atom. The second-order valence-electron chi connectivity index (χ2n) is 6.36. The van der Waals surface area contributed by atoms with Crippen LogP contribution in [0.3, 0.4) is 0 Å². The summed E-state index contributed by atoms with van der Waals surface area (Å²) in [4.78, 5) is 20.9. The molecule has 3 rings (SSSR count). The third-order valence-electron chi connectivity index (χ3n) is 4.51. The van der Waals surface area contributed by atoms with Crippen LogP contribution < -0.4 is 5.32 Å². The van der Waals surface area contributed by atoms with Gasteiger partial charge < -0.3 is 14.5 Å². The summed E-state index contributed by atoms with van der Waals surface area (Å²) in [7, 11) is 2.03. The van der Waals surface area contributed by atoms with Crippen LogP contribution in [0.1, 0.15) is 37.8 Å². The Morgan fingerprint density at radius 2 is 2.16 bits per heavy atom. The highest BCUT2D eigenvalue weighted by Gasteiger charge is 2.10. The highest BCUT2D eigenvalue weighted by molar-refractivity contribution is 5.93.